The minimum Gasteiger partial charge on any atom is -0.491 e. The molecule has 2 N–H and O–H groups in total. The van der Waals surface area contributed by atoms with Crippen molar-refractivity contribution in [1.29, 1.82) is 0 Å². The summed E-state index contributed by atoms with van der Waals surface area (Å²) in [4.78, 5) is 0. The molecule has 4 aromatic rings. The summed E-state index contributed by atoms with van der Waals surface area (Å²) in [5, 5.41) is 17.8. The highest BCUT2D eigenvalue weighted by Gasteiger charge is 2.12. The van der Waals surface area contributed by atoms with Crippen LogP contribution in [-0.4, -0.2) is 29.5 Å². The first-order valence-electron chi connectivity index (χ1n) is 9.50. The Balaban J connectivity index is 1.28. The molecule has 0 spiro atoms. The second kappa shape index (κ2) is 9.02. The third-order valence-electron chi connectivity index (χ3n) is 4.62. The number of rotatable bonds is 8. The van der Waals surface area contributed by atoms with Crippen LogP contribution in [0.1, 0.15) is 5.56 Å². The molecule has 0 bridgehead atoms. The number of aliphatic hydroxyl groups is 1. The Morgan fingerprint density at radius 3 is 2.47 bits per heavy atom. The molecule has 154 valence electrons. The van der Waals surface area contributed by atoms with Gasteiger partial charge in [-0.15, -0.1) is 0 Å². The standard InChI is InChI=1S/C23H20F2N2O3/c24-17-5-1-15(2-6-17)12-26-13-19(28)14-29-20-8-3-16(4-9-20)23-21-10-7-18(25)11-22(21)27-30-23/h1-11,19,26,28H,12-14H2/t19-/m1/s1. The molecule has 0 fully saturated rings. The molecule has 0 aliphatic heterocycles. The number of fused-ring (bicyclic) bond motifs is 1. The van der Waals surface area contributed by atoms with E-state index in [4.69, 9.17) is 9.26 Å². The number of benzene rings is 3. The van der Waals surface area contributed by atoms with Gasteiger partial charge in [0.15, 0.2) is 5.76 Å². The van der Waals surface area contributed by atoms with E-state index in [0.717, 1.165) is 16.5 Å². The maximum atomic E-state index is 13.3. The van der Waals surface area contributed by atoms with Crippen molar-refractivity contribution in [2.45, 2.75) is 12.6 Å². The zero-order chi connectivity index (χ0) is 20.9. The third-order valence-corrected chi connectivity index (χ3v) is 4.62. The summed E-state index contributed by atoms with van der Waals surface area (Å²) in [5.74, 6) is 0.521. The molecule has 0 saturated heterocycles. The number of nitrogens with one attached hydrogen (secondary N) is 1. The van der Waals surface area contributed by atoms with Crippen LogP contribution in [0.15, 0.2) is 71.3 Å². The van der Waals surface area contributed by atoms with Crippen LogP contribution in [0, 0.1) is 11.6 Å². The van der Waals surface area contributed by atoms with E-state index in [1.54, 1.807) is 30.3 Å². The number of nitrogens with zero attached hydrogens (tertiary/aromatic N) is 1. The minimum absolute atomic E-state index is 0.125. The van der Waals surface area contributed by atoms with Crippen LogP contribution in [0.25, 0.3) is 22.2 Å². The van der Waals surface area contributed by atoms with E-state index >= 15 is 0 Å². The van der Waals surface area contributed by atoms with Crippen LogP contribution in [-0.2, 0) is 6.54 Å². The van der Waals surface area contributed by atoms with Crippen molar-refractivity contribution < 1.29 is 23.1 Å². The number of hydrogen-bond acceptors (Lipinski definition) is 5. The normalized spacial score (nSPS) is 12.2. The van der Waals surface area contributed by atoms with E-state index in [0.29, 0.717) is 30.1 Å². The van der Waals surface area contributed by atoms with Crippen LogP contribution < -0.4 is 10.1 Å². The highest BCUT2D eigenvalue weighted by atomic mass is 19.1. The molecule has 0 saturated carbocycles. The van der Waals surface area contributed by atoms with E-state index in [1.165, 1.54) is 24.3 Å². The first-order valence-corrected chi connectivity index (χ1v) is 9.50. The molecule has 1 atom stereocenters. The zero-order valence-corrected chi connectivity index (χ0v) is 16.0. The maximum Gasteiger partial charge on any atom is 0.174 e. The Kier molecular flexibility index (Phi) is 6.02. The molecule has 0 amide bonds. The summed E-state index contributed by atoms with van der Waals surface area (Å²) >= 11 is 0. The molecule has 7 heteroatoms. The van der Waals surface area contributed by atoms with Crippen LogP contribution in [0.5, 0.6) is 5.75 Å². The summed E-state index contributed by atoms with van der Waals surface area (Å²) in [7, 11) is 0. The topological polar surface area (TPSA) is 67.5 Å². The van der Waals surface area contributed by atoms with E-state index in [-0.39, 0.29) is 18.2 Å². The molecule has 0 radical (unpaired) electrons. The molecule has 0 aliphatic rings. The number of aliphatic hydroxyl groups excluding tert-OH is 1. The average Bonchev–Trinajstić information content (AvgIpc) is 3.17. The molecular weight excluding hydrogens is 390 g/mol. The maximum absolute atomic E-state index is 13.3. The van der Waals surface area contributed by atoms with Crippen molar-refractivity contribution in [3.63, 3.8) is 0 Å². The molecule has 0 unspecified atom stereocenters. The highest BCUT2D eigenvalue weighted by Crippen LogP contribution is 2.30. The van der Waals surface area contributed by atoms with Crippen molar-refractivity contribution >= 4 is 10.9 Å². The second-order valence-electron chi connectivity index (χ2n) is 6.92. The second-order valence-corrected chi connectivity index (χ2v) is 6.92. The Bertz CT molecular complexity index is 1110. The monoisotopic (exact) mass is 410 g/mol. The fourth-order valence-corrected chi connectivity index (χ4v) is 3.06. The Morgan fingerprint density at radius 1 is 0.967 bits per heavy atom. The fourth-order valence-electron chi connectivity index (χ4n) is 3.06. The molecule has 30 heavy (non-hydrogen) atoms. The van der Waals surface area contributed by atoms with Crippen molar-refractivity contribution in [3.8, 4) is 17.1 Å². The van der Waals surface area contributed by atoms with Gasteiger partial charge < -0.3 is 19.7 Å². The lowest BCUT2D eigenvalue weighted by molar-refractivity contribution is 0.106. The van der Waals surface area contributed by atoms with Gasteiger partial charge in [0.25, 0.3) is 0 Å². The third kappa shape index (κ3) is 4.82. The van der Waals surface area contributed by atoms with E-state index < -0.39 is 6.10 Å². The first-order chi connectivity index (χ1) is 14.6. The van der Waals surface area contributed by atoms with Gasteiger partial charge in [0.2, 0.25) is 0 Å². The Hall–Kier alpha value is -3.29. The van der Waals surface area contributed by atoms with Gasteiger partial charge in [-0.1, -0.05) is 17.3 Å². The summed E-state index contributed by atoms with van der Waals surface area (Å²) in [6.45, 7) is 0.997. The SMILES string of the molecule is O[C@H](CNCc1ccc(F)cc1)COc1ccc(-c2onc3cc(F)ccc23)cc1. The molecule has 1 heterocycles. The van der Waals surface area contributed by atoms with Crippen LogP contribution in [0.3, 0.4) is 0 Å². The van der Waals surface area contributed by atoms with Crippen molar-refractivity contribution in [2.24, 2.45) is 0 Å². The fraction of sp³-hybridized carbons (Fsp3) is 0.174. The van der Waals surface area contributed by atoms with Gasteiger partial charge in [-0.25, -0.2) is 8.78 Å². The molecular formula is C23H20F2N2O3. The van der Waals surface area contributed by atoms with Crippen molar-refractivity contribution in [2.75, 3.05) is 13.2 Å². The quantitative estimate of drug-likeness (QED) is 0.453. The molecule has 0 aliphatic carbocycles. The van der Waals surface area contributed by atoms with Crippen LogP contribution in [0.4, 0.5) is 8.78 Å². The van der Waals surface area contributed by atoms with E-state index in [9.17, 15) is 13.9 Å². The predicted octanol–water partition coefficient (Wildman–Crippen LogP) is 4.30. The van der Waals surface area contributed by atoms with E-state index in [2.05, 4.69) is 10.5 Å². The van der Waals surface area contributed by atoms with Gasteiger partial charge in [-0.3, -0.25) is 0 Å². The highest BCUT2D eigenvalue weighted by molar-refractivity contribution is 5.91. The number of ether oxygens (including phenoxy) is 1. The summed E-state index contributed by atoms with van der Waals surface area (Å²) < 4.78 is 37.2. The van der Waals surface area contributed by atoms with Gasteiger partial charge in [-0.05, 0) is 54.1 Å². The molecule has 3 aromatic carbocycles. The smallest absolute Gasteiger partial charge is 0.174 e. The van der Waals surface area contributed by atoms with Crippen molar-refractivity contribution in [1.82, 2.24) is 10.5 Å². The van der Waals surface area contributed by atoms with Crippen LogP contribution in [0.2, 0.25) is 0 Å². The number of aromatic nitrogens is 1. The van der Waals surface area contributed by atoms with Gasteiger partial charge >= 0.3 is 0 Å². The lowest BCUT2D eigenvalue weighted by atomic mass is 10.1. The summed E-state index contributed by atoms with van der Waals surface area (Å²) in [6.07, 6.45) is -0.696. The number of halogens is 2. The van der Waals surface area contributed by atoms with Gasteiger partial charge in [0.1, 0.15) is 35.6 Å². The van der Waals surface area contributed by atoms with Crippen molar-refractivity contribution in [3.05, 3.63) is 83.9 Å². The van der Waals surface area contributed by atoms with Crippen LogP contribution >= 0.6 is 0 Å². The largest absolute Gasteiger partial charge is 0.491 e. The Labute approximate surface area is 171 Å². The molecule has 1 aromatic heterocycles. The minimum atomic E-state index is -0.696. The first kappa shape index (κ1) is 20.0. The van der Waals surface area contributed by atoms with Gasteiger partial charge in [-0.2, -0.15) is 0 Å². The lowest BCUT2D eigenvalue weighted by Crippen LogP contribution is -2.31. The summed E-state index contributed by atoms with van der Waals surface area (Å²) in [6, 6.07) is 17.7. The average molecular weight is 410 g/mol. The zero-order valence-electron chi connectivity index (χ0n) is 16.0. The van der Waals surface area contributed by atoms with Gasteiger partial charge in [0.05, 0.1) is 0 Å². The molecule has 4 rings (SSSR count). The predicted molar refractivity (Wildman–Crippen MR) is 109 cm³/mol. The van der Waals surface area contributed by atoms with E-state index in [1.807, 2.05) is 12.1 Å². The Morgan fingerprint density at radius 2 is 1.70 bits per heavy atom. The van der Waals surface area contributed by atoms with Gasteiger partial charge in [0, 0.05) is 30.1 Å². The summed E-state index contributed by atoms with van der Waals surface area (Å²) in [5.41, 5.74) is 2.18. The number of hydrogen-bond donors (Lipinski definition) is 2. The lowest BCUT2D eigenvalue weighted by Gasteiger charge is -2.13. The molecule has 5 nitrogen and oxygen atoms in total.